The molecule has 0 aliphatic rings. The first-order chi connectivity index (χ1) is 8.38. The number of rotatable bonds is 3. The summed E-state index contributed by atoms with van der Waals surface area (Å²) < 4.78 is 28.8. The number of anilines is 1. The molecule has 0 bridgehead atoms. The maximum absolute atomic E-state index is 12.0. The molecule has 0 spiro atoms. The Morgan fingerprint density at radius 2 is 2.17 bits per heavy atom. The normalized spacial score (nSPS) is 11.5. The van der Waals surface area contributed by atoms with Crippen LogP contribution in [0.25, 0.3) is 0 Å². The van der Waals surface area contributed by atoms with E-state index in [0.717, 1.165) is 4.47 Å². The molecule has 0 aliphatic carbocycles. The highest BCUT2D eigenvalue weighted by Gasteiger charge is 2.19. The third-order valence-electron chi connectivity index (χ3n) is 2.32. The Morgan fingerprint density at radius 1 is 1.44 bits per heavy atom. The van der Waals surface area contributed by atoms with Crippen molar-refractivity contribution in [2.45, 2.75) is 11.9 Å². The van der Waals surface area contributed by atoms with Crippen LogP contribution in [0.3, 0.4) is 0 Å². The summed E-state index contributed by atoms with van der Waals surface area (Å²) >= 11 is 3.25. The van der Waals surface area contributed by atoms with Crippen LogP contribution in [0.15, 0.2) is 34.0 Å². The zero-order valence-electron chi connectivity index (χ0n) is 9.75. The summed E-state index contributed by atoms with van der Waals surface area (Å²) in [6, 6.07) is 3.29. The molecule has 2 heterocycles. The molecule has 96 valence electrons. The molecule has 8 heteroatoms. The zero-order valence-corrected chi connectivity index (χ0v) is 12.2. The van der Waals surface area contributed by atoms with Gasteiger partial charge in [0.05, 0.1) is 0 Å². The number of sulfonamides is 1. The van der Waals surface area contributed by atoms with Crippen LogP contribution < -0.4 is 4.72 Å². The van der Waals surface area contributed by atoms with E-state index < -0.39 is 10.0 Å². The summed E-state index contributed by atoms with van der Waals surface area (Å²) in [5.41, 5.74) is 0. The largest absolute Gasteiger partial charge is 0.337 e. The van der Waals surface area contributed by atoms with E-state index in [0.29, 0.717) is 5.82 Å². The molecule has 6 nitrogen and oxygen atoms in total. The molecule has 0 amide bonds. The molecular formula is C10H11BrN4O2S. The summed E-state index contributed by atoms with van der Waals surface area (Å²) in [5, 5.41) is -0.0238. The number of hydrogen-bond acceptors (Lipinski definition) is 4. The summed E-state index contributed by atoms with van der Waals surface area (Å²) in [7, 11) is -1.96. The molecule has 0 aromatic carbocycles. The molecular weight excluding hydrogens is 320 g/mol. The predicted molar refractivity (Wildman–Crippen MR) is 70.7 cm³/mol. The van der Waals surface area contributed by atoms with Gasteiger partial charge in [-0.3, -0.25) is 4.72 Å². The molecule has 2 aromatic rings. The van der Waals surface area contributed by atoms with E-state index >= 15 is 0 Å². The third-order valence-corrected chi connectivity index (χ3v) is 4.04. The second-order valence-electron chi connectivity index (χ2n) is 3.70. The third kappa shape index (κ3) is 2.70. The lowest BCUT2D eigenvalue weighted by Gasteiger charge is -2.04. The number of nitrogens with one attached hydrogen (secondary N) is 1. The summed E-state index contributed by atoms with van der Waals surface area (Å²) in [6.07, 6.45) is 2.96. The van der Waals surface area contributed by atoms with Crippen molar-refractivity contribution in [3.8, 4) is 0 Å². The fourth-order valence-electron chi connectivity index (χ4n) is 1.31. The summed E-state index contributed by atoms with van der Waals surface area (Å²) in [4.78, 5) is 7.90. The van der Waals surface area contributed by atoms with E-state index in [1.54, 1.807) is 30.7 Å². The van der Waals surface area contributed by atoms with E-state index in [9.17, 15) is 8.42 Å². The standard InChI is InChI=1S/C10H11BrN4O2S/c1-7-13-10(6-15(7)2)18(16,17)14-9-5-8(11)3-4-12-9/h3-6H,1-2H3,(H,12,14). The molecule has 0 atom stereocenters. The van der Waals surface area contributed by atoms with Gasteiger partial charge in [-0.2, -0.15) is 8.42 Å². The van der Waals surface area contributed by atoms with Crippen molar-refractivity contribution >= 4 is 31.8 Å². The van der Waals surface area contributed by atoms with Gasteiger partial charge in [0.25, 0.3) is 10.0 Å². The van der Waals surface area contributed by atoms with Crippen molar-refractivity contribution in [1.82, 2.24) is 14.5 Å². The Morgan fingerprint density at radius 3 is 2.72 bits per heavy atom. The molecule has 18 heavy (non-hydrogen) atoms. The van der Waals surface area contributed by atoms with Crippen LogP contribution in [0, 0.1) is 6.92 Å². The topological polar surface area (TPSA) is 76.9 Å². The second kappa shape index (κ2) is 4.69. The fourth-order valence-corrected chi connectivity index (χ4v) is 2.68. The minimum absolute atomic E-state index is 0.0238. The number of aryl methyl sites for hydroxylation is 2. The highest BCUT2D eigenvalue weighted by atomic mass is 79.9. The molecule has 0 aliphatic heterocycles. The van der Waals surface area contributed by atoms with Crippen molar-refractivity contribution in [1.29, 1.82) is 0 Å². The smallest absolute Gasteiger partial charge is 0.282 e. The van der Waals surface area contributed by atoms with Crippen LogP contribution in [-0.4, -0.2) is 23.0 Å². The molecule has 1 N–H and O–H groups in total. The maximum Gasteiger partial charge on any atom is 0.282 e. The van der Waals surface area contributed by atoms with Gasteiger partial charge in [0, 0.05) is 23.9 Å². The number of aromatic nitrogens is 3. The monoisotopic (exact) mass is 330 g/mol. The molecule has 0 fully saturated rings. The molecule has 2 aromatic heterocycles. The minimum Gasteiger partial charge on any atom is -0.337 e. The Balaban J connectivity index is 2.33. The Bertz CT molecular complexity index is 661. The maximum atomic E-state index is 12.0. The van der Waals surface area contributed by atoms with E-state index in [2.05, 4.69) is 30.6 Å². The van der Waals surface area contributed by atoms with Gasteiger partial charge in [0.1, 0.15) is 11.6 Å². The first kappa shape index (κ1) is 13.0. The van der Waals surface area contributed by atoms with Crippen LogP contribution in [-0.2, 0) is 17.1 Å². The molecule has 0 radical (unpaired) electrons. The van der Waals surface area contributed by atoms with Gasteiger partial charge in [-0.25, -0.2) is 9.97 Å². The van der Waals surface area contributed by atoms with Crippen molar-refractivity contribution in [2.75, 3.05) is 4.72 Å². The van der Waals surface area contributed by atoms with Gasteiger partial charge >= 0.3 is 0 Å². The molecule has 0 unspecified atom stereocenters. The van der Waals surface area contributed by atoms with Crippen LogP contribution in [0.4, 0.5) is 5.82 Å². The second-order valence-corrected chi connectivity index (χ2v) is 6.25. The molecule has 0 saturated carbocycles. The first-order valence-electron chi connectivity index (χ1n) is 5.03. The predicted octanol–water partition coefficient (Wildman–Crippen LogP) is 1.69. The van der Waals surface area contributed by atoms with Gasteiger partial charge in [-0.05, 0) is 19.1 Å². The van der Waals surface area contributed by atoms with Gasteiger partial charge in [0.15, 0.2) is 5.03 Å². The SMILES string of the molecule is Cc1nc(S(=O)(=O)Nc2cc(Br)ccn2)cn1C. The van der Waals surface area contributed by atoms with Gasteiger partial charge < -0.3 is 4.57 Å². The lowest BCUT2D eigenvalue weighted by Crippen LogP contribution is -2.14. The summed E-state index contributed by atoms with van der Waals surface area (Å²) in [5.74, 6) is 0.866. The number of nitrogens with zero attached hydrogens (tertiary/aromatic N) is 3. The lowest BCUT2D eigenvalue weighted by molar-refractivity contribution is 0.598. The highest BCUT2D eigenvalue weighted by molar-refractivity contribution is 9.10. The Hall–Kier alpha value is -1.41. The van der Waals surface area contributed by atoms with E-state index in [-0.39, 0.29) is 10.8 Å². The van der Waals surface area contributed by atoms with Crippen molar-refractivity contribution < 1.29 is 8.42 Å². The van der Waals surface area contributed by atoms with E-state index in [4.69, 9.17) is 0 Å². The summed E-state index contributed by atoms with van der Waals surface area (Å²) in [6.45, 7) is 1.73. The fraction of sp³-hybridized carbons (Fsp3) is 0.200. The zero-order chi connectivity index (χ0) is 13.3. The number of imidazole rings is 1. The Labute approximate surface area is 113 Å². The highest BCUT2D eigenvalue weighted by Crippen LogP contribution is 2.17. The van der Waals surface area contributed by atoms with Crippen molar-refractivity contribution in [2.24, 2.45) is 7.05 Å². The van der Waals surface area contributed by atoms with Crippen molar-refractivity contribution in [3.63, 3.8) is 0 Å². The van der Waals surface area contributed by atoms with Crippen molar-refractivity contribution in [3.05, 3.63) is 34.8 Å². The quantitative estimate of drug-likeness (QED) is 0.928. The average Bonchev–Trinajstić information content (AvgIpc) is 2.59. The minimum atomic E-state index is -3.70. The van der Waals surface area contributed by atoms with Gasteiger partial charge in [-0.15, -0.1) is 0 Å². The van der Waals surface area contributed by atoms with Crippen LogP contribution in [0.1, 0.15) is 5.82 Å². The first-order valence-corrected chi connectivity index (χ1v) is 7.30. The van der Waals surface area contributed by atoms with Gasteiger partial charge in [0.2, 0.25) is 0 Å². The number of halogens is 1. The van der Waals surface area contributed by atoms with Crippen LogP contribution in [0.2, 0.25) is 0 Å². The van der Waals surface area contributed by atoms with Crippen LogP contribution >= 0.6 is 15.9 Å². The molecule has 2 rings (SSSR count). The average molecular weight is 331 g/mol. The van der Waals surface area contributed by atoms with Crippen LogP contribution in [0.5, 0.6) is 0 Å². The lowest BCUT2D eigenvalue weighted by atomic mass is 10.5. The van der Waals surface area contributed by atoms with E-state index in [1.165, 1.54) is 12.4 Å². The number of hydrogen-bond donors (Lipinski definition) is 1. The Kier molecular flexibility index (Phi) is 3.40. The van der Waals surface area contributed by atoms with E-state index in [1.807, 2.05) is 0 Å². The number of pyridine rings is 1. The van der Waals surface area contributed by atoms with Gasteiger partial charge in [-0.1, -0.05) is 15.9 Å². The molecule has 0 saturated heterocycles.